The maximum Gasteiger partial charge on any atom is 0.254 e. The first-order valence-corrected chi connectivity index (χ1v) is 12.7. The zero-order valence-electron chi connectivity index (χ0n) is 18.5. The van der Waals surface area contributed by atoms with Crippen LogP contribution < -0.4 is 4.90 Å². The summed E-state index contributed by atoms with van der Waals surface area (Å²) in [5.74, 6) is 3.77. The quantitative estimate of drug-likeness (QED) is 0.587. The van der Waals surface area contributed by atoms with E-state index in [1.165, 1.54) is 56.1 Å². The van der Waals surface area contributed by atoms with E-state index in [0.717, 1.165) is 55.3 Å². The number of nitrogens with zero attached hydrogens (tertiary/aromatic N) is 4. The molecule has 1 unspecified atom stereocenters. The molecule has 168 valence electrons. The first kappa shape index (κ1) is 20.5. The van der Waals surface area contributed by atoms with Crippen molar-refractivity contribution in [3.05, 3.63) is 52.3 Å². The Kier molecular flexibility index (Phi) is 5.33. The molecular weight excluding hydrogens is 420 g/mol. The van der Waals surface area contributed by atoms with Crippen molar-refractivity contribution in [1.82, 2.24) is 14.9 Å². The molecular formula is C26H31ClN4O. The molecule has 32 heavy (non-hydrogen) atoms. The normalized spacial score (nSPS) is 25.3. The first-order valence-electron chi connectivity index (χ1n) is 12.3. The van der Waals surface area contributed by atoms with Gasteiger partial charge in [0.15, 0.2) is 0 Å². The average Bonchev–Trinajstić information content (AvgIpc) is 3.74. The van der Waals surface area contributed by atoms with Crippen LogP contribution in [0.3, 0.4) is 0 Å². The van der Waals surface area contributed by atoms with Crippen LogP contribution >= 0.6 is 11.6 Å². The minimum atomic E-state index is 0.253. The fraction of sp³-hybridized carbons (Fsp3) is 0.577. The van der Waals surface area contributed by atoms with Crippen molar-refractivity contribution in [3.63, 3.8) is 0 Å². The van der Waals surface area contributed by atoms with Gasteiger partial charge in [-0.2, -0.15) is 0 Å². The molecule has 1 aromatic carbocycles. The smallest absolute Gasteiger partial charge is 0.254 e. The minimum absolute atomic E-state index is 0.253. The van der Waals surface area contributed by atoms with E-state index in [-0.39, 0.29) is 5.91 Å². The van der Waals surface area contributed by atoms with Crippen molar-refractivity contribution < 1.29 is 4.79 Å². The second-order valence-corrected chi connectivity index (χ2v) is 10.7. The molecule has 6 heteroatoms. The highest BCUT2D eigenvalue weighted by Gasteiger charge is 2.43. The highest BCUT2D eigenvalue weighted by atomic mass is 35.5. The van der Waals surface area contributed by atoms with E-state index in [4.69, 9.17) is 11.6 Å². The zero-order chi connectivity index (χ0) is 21.7. The van der Waals surface area contributed by atoms with Gasteiger partial charge in [0.05, 0.1) is 17.4 Å². The van der Waals surface area contributed by atoms with Gasteiger partial charge in [-0.05, 0) is 86.3 Å². The number of carbonyl (C=O) groups excluding carboxylic acids is 1. The number of fused-ring (bicyclic) bond motifs is 1. The second-order valence-electron chi connectivity index (χ2n) is 10.2. The maximum absolute atomic E-state index is 12.5. The van der Waals surface area contributed by atoms with Crippen LogP contribution in [0.5, 0.6) is 0 Å². The number of benzene rings is 1. The van der Waals surface area contributed by atoms with Crippen molar-refractivity contribution in [2.24, 2.45) is 17.8 Å². The molecule has 3 fully saturated rings. The monoisotopic (exact) mass is 450 g/mol. The predicted octanol–water partition coefficient (Wildman–Crippen LogP) is 5.12. The molecule has 6 rings (SSSR count). The van der Waals surface area contributed by atoms with E-state index in [1.54, 1.807) is 12.4 Å². The zero-order valence-corrected chi connectivity index (χ0v) is 19.3. The molecule has 0 N–H and O–H groups in total. The van der Waals surface area contributed by atoms with E-state index in [1.807, 2.05) is 0 Å². The molecule has 5 nitrogen and oxygen atoms in total. The second kappa shape index (κ2) is 8.33. The van der Waals surface area contributed by atoms with Gasteiger partial charge < -0.3 is 9.80 Å². The van der Waals surface area contributed by atoms with Crippen molar-refractivity contribution in [2.45, 2.75) is 64.0 Å². The third-order valence-electron chi connectivity index (χ3n) is 8.04. The Labute approximate surface area is 195 Å². The van der Waals surface area contributed by atoms with E-state index in [9.17, 15) is 4.79 Å². The maximum atomic E-state index is 12.5. The number of halogens is 1. The Morgan fingerprint density at radius 3 is 2.59 bits per heavy atom. The molecule has 1 amide bonds. The van der Waals surface area contributed by atoms with Crippen molar-refractivity contribution >= 4 is 23.5 Å². The summed E-state index contributed by atoms with van der Waals surface area (Å²) < 4.78 is 0. The van der Waals surface area contributed by atoms with Gasteiger partial charge in [0.2, 0.25) is 5.95 Å². The number of aromatic nitrogens is 2. The molecule has 0 radical (unpaired) electrons. The van der Waals surface area contributed by atoms with Gasteiger partial charge in [0, 0.05) is 31.2 Å². The number of piperidine rings is 1. The SMILES string of the molecule is O=C1c2ccc(CCCC3C[C@@H]3C3CCN(c4ncc(Cl)cn4)CC3)cc2CN1C1CC1. The Morgan fingerprint density at radius 1 is 1.06 bits per heavy atom. The Hall–Kier alpha value is -2.14. The molecule has 2 aromatic rings. The van der Waals surface area contributed by atoms with Crippen molar-refractivity contribution in [1.29, 1.82) is 0 Å². The van der Waals surface area contributed by atoms with Gasteiger partial charge in [-0.25, -0.2) is 9.97 Å². The summed E-state index contributed by atoms with van der Waals surface area (Å²) in [5, 5.41) is 0.595. The highest BCUT2D eigenvalue weighted by molar-refractivity contribution is 6.30. The first-order chi connectivity index (χ1) is 15.7. The van der Waals surface area contributed by atoms with Crippen LogP contribution in [0.1, 0.15) is 66.4 Å². The molecule has 2 aliphatic heterocycles. The molecule has 1 saturated heterocycles. The number of aryl methyl sites for hydroxylation is 1. The minimum Gasteiger partial charge on any atom is -0.341 e. The van der Waals surface area contributed by atoms with Gasteiger partial charge in [0.25, 0.3) is 5.91 Å². The van der Waals surface area contributed by atoms with Crippen molar-refractivity contribution in [2.75, 3.05) is 18.0 Å². The van der Waals surface area contributed by atoms with Gasteiger partial charge in [0.1, 0.15) is 0 Å². The third kappa shape index (κ3) is 4.12. The lowest BCUT2D eigenvalue weighted by Crippen LogP contribution is -2.35. The van der Waals surface area contributed by atoms with Crippen LogP contribution in [0.25, 0.3) is 0 Å². The Morgan fingerprint density at radius 2 is 1.84 bits per heavy atom. The molecule has 4 aliphatic rings. The molecule has 2 atom stereocenters. The lowest BCUT2D eigenvalue weighted by atomic mass is 9.90. The van der Waals surface area contributed by atoms with Crippen LogP contribution in [0.2, 0.25) is 5.02 Å². The third-order valence-corrected chi connectivity index (χ3v) is 8.24. The largest absolute Gasteiger partial charge is 0.341 e. The summed E-state index contributed by atoms with van der Waals surface area (Å²) in [7, 11) is 0. The fourth-order valence-electron chi connectivity index (χ4n) is 5.98. The van der Waals surface area contributed by atoms with E-state index < -0.39 is 0 Å². The summed E-state index contributed by atoms with van der Waals surface area (Å²) in [6, 6.07) is 7.07. The van der Waals surface area contributed by atoms with Crippen LogP contribution in [0, 0.1) is 17.8 Å². The number of carbonyl (C=O) groups is 1. The molecule has 0 bridgehead atoms. The lowest BCUT2D eigenvalue weighted by Gasteiger charge is -2.32. The highest BCUT2D eigenvalue weighted by Crippen LogP contribution is 2.50. The van der Waals surface area contributed by atoms with Gasteiger partial charge in [-0.1, -0.05) is 23.7 Å². The number of anilines is 1. The van der Waals surface area contributed by atoms with Crippen LogP contribution in [-0.2, 0) is 13.0 Å². The summed E-state index contributed by atoms with van der Waals surface area (Å²) in [4.78, 5) is 25.6. The van der Waals surface area contributed by atoms with Crippen LogP contribution in [-0.4, -0.2) is 39.9 Å². The molecule has 1 aromatic heterocycles. The topological polar surface area (TPSA) is 49.3 Å². The van der Waals surface area contributed by atoms with E-state index >= 15 is 0 Å². The number of amides is 1. The van der Waals surface area contributed by atoms with Gasteiger partial charge >= 0.3 is 0 Å². The lowest BCUT2D eigenvalue weighted by molar-refractivity contribution is 0.0766. The molecule has 0 spiro atoms. The number of hydrogen-bond acceptors (Lipinski definition) is 4. The summed E-state index contributed by atoms with van der Waals surface area (Å²) in [5.41, 5.74) is 3.60. The van der Waals surface area contributed by atoms with Crippen LogP contribution in [0.15, 0.2) is 30.6 Å². The summed E-state index contributed by atoms with van der Waals surface area (Å²) in [6.07, 6.45) is 13.4. The van der Waals surface area contributed by atoms with E-state index in [0.29, 0.717) is 11.1 Å². The standard InChI is InChI=1S/C26H31ClN4O/c27-21-14-28-26(29-15-21)30-10-8-18(9-11-30)24-13-19(24)3-1-2-17-4-7-23-20(12-17)16-31(25(23)32)22-5-6-22/h4,7,12,14-15,18-19,22,24H,1-3,5-6,8-11,13,16H2/t19?,24-/m1/s1. The summed E-state index contributed by atoms with van der Waals surface area (Å²) in [6.45, 7) is 2.94. The Balaban J connectivity index is 0.948. The number of hydrogen-bond donors (Lipinski definition) is 0. The van der Waals surface area contributed by atoms with Gasteiger partial charge in [-0.15, -0.1) is 0 Å². The summed E-state index contributed by atoms with van der Waals surface area (Å²) >= 11 is 5.91. The fourth-order valence-corrected chi connectivity index (χ4v) is 6.08. The molecule has 2 aliphatic carbocycles. The molecule has 3 heterocycles. The Bertz CT molecular complexity index is 997. The molecule has 2 saturated carbocycles. The van der Waals surface area contributed by atoms with Gasteiger partial charge in [-0.3, -0.25) is 4.79 Å². The predicted molar refractivity (Wildman–Crippen MR) is 126 cm³/mol. The average molecular weight is 451 g/mol. The number of rotatable bonds is 7. The van der Waals surface area contributed by atoms with Crippen molar-refractivity contribution in [3.8, 4) is 0 Å². The van der Waals surface area contributed by atoms with Crippen LogP contribution in [0.4, 0.5) is 5.95 Å². The van der Waals surface area contributed by atoms with E-state index in [2.05, 4.69) is 38.0 Å².